The normalized spacial score (nSPS) is 10.7. The summed E-state index contributed by atoms with van der Waals surface area (Å²) in [4.78, 5) is 24.9. The van der Waals surface area contributed by atoms with Crippen molar-refractivity contribution in [2.75, 3.05) is 13.7 Å². The van der Waals surface area contributed by atoms with E-state index in [1.807, 2.05) is 0 Å². The molecule has 1 N–H and O–H groups in total. The third kappa shape index (κ3) is 6.25. The molecule has 0 fully saturated rings. The molecule has 170 valence electrons. The molecule has 3 aromatic rings. The first-order chi connectivity index (χ1) is 15.9. The van der Waals surface area contributed by atoms with E-state index in [0.29, 0.717) is 34.3 Å². The average molecular weight is 487 g/mol. The van der Waals surface area contributed by atoms with Crippen molar-refractivity contribution < 1.29 is 23.8 Å². The smallest absolute Gasteiger partial charge is 0.345 e. The maximum Gasteiger partial charge on any atom is 0.345 e. The topological polar surface area (TPSA) is 86.2 Å². The number of rotatable bonds is 8. The number of nitrogens with zero attached hydrogens (tertiary/aromatic N) is 1. The fourth-order valence-electron chi connectivity index (χ4n) is 2.83. The molecule has 0 saturated heterocycles. The van der Waals surface area contributed by atoms with Crippen molar-refractivity contribution in [3.05, 3.63) is 87.4 Å². The number of halogens is 2. The fraction of sp³-hybridized carbons (Fsp3) is 0.125. The highest BCUT2D eigenvalue weighted by atomic mass is 35.5. The van der Waals surface area contributed by atoms with Crippen molar-refractivity contribution in [2.24, 2.45) is 5.10 Å². The Labute approximate surface area is 200 Å². The lowest BCUT2D eigenvalue weighted by Crippen LogP contribution is -2.18. The van der Waals surface area contributed by atoms with Crippen molar-refractivity contribution in [3.8, 4) is 17.2 Å². The molecule has 0 atom stereocenters. The van der Waals surface area contributed by atoms with Gasteiger partial charge in [0.2, 0.25) is 0 Å². The molecule has 0 radical (unpaired) electrons. The van der Waals surface area contributed by atoms with Crippen molar-refractivity contribution in [1.82, 2.24) is 5.43 Å². The summed E-state index contributed by atoms with van der Waals surface area (Å²) in [5.74, 6) is -0.0861. The van der Waals surface area contributed by atoms with E-state index in [0.717, 1.165) is 0 Å². The average Bonchev–Trinajstić information content (AvgIpc) is 2.80. The lowest BCUT2D eigenvalue weighted by atomic mass is 10.2. The molecular formula is C24H20Cl2N2O5. The molecule has 0 spiro atoms. The molecule has 9 heteroatoms. The molecule has 7 nitrogen and oxygen atoms in total. The number of amides is 1. The minimum atomic E-state index is -0.650. The van der Waals surface area contributed by atoms with Crippen LogP contribution in [0, 0.1) is 0 Å². The van der Waals surface area contributed by atoms with E-state index in [4.69, 9.17) is 37.4 Å². The van der Waals surface area contributed by atoms with Crippen LogP contribution in [0.1, 0.15) is 33.2 Å². The van der Waals surface area contributed by atoms with E-state index in [1.54, 1.807) is 55.5 Å². The van der Waals surface area contributed by atoms with E-state index >= 15 is 0 Å². The van der Waals surface area contributed by atoms with Crippen LogP contribution in [-0.2, 0) is 0 Å². The monoisotopic (exact) mass is 486 g/mol. The van der Waals surface area contributed by atoms with Crippen molar-refractivity contribution >= 4 is 41.3 Å². The van der Waals surface area contributed by atoms with Gasteiger partial charge in [-0.05, 0) is 61.0 Å². The Hall–Kier alpha value is -3.55. The third-order valence-electron chi connectivity index (χ3n) is 4.35. The van der Waals surface area contributed by atoms with Crippen LogP contribution in [0.2, 0.25) is 10.0 Å². The zero-order valence-corrected chi connectivity index (χ0v) is 19.3. The molecular weight excluding hydrogens is 467 g/mol. The lowest BCUT2D eigenvalue weighted by Gasteiger charge is -2.12. The van der Waals surface area contributed by atoms with Gasteiger partial charge >= 0.3 is 5.97 Å². The second kappa shape index (κ2) is 11.4. The van der Waals surface area contributed by atoms with Gasteiger partial charge in [0, 0.05) is 5.02 Å². The molecule has 0 bridgehead atoms. The summed E-state index contributed by atoms with van der Waals surface area (Å²) >= 11 is 12.0. The van der Waals surface area contributed by atoms with Gasteiger partial charge in [-0.15, -0.1) is 0 Å². The van der Waals surface area contributed by atoms with Crippen LogP contribution in [0.5, 0.6) is 17.2 Å². The number of methoxy groups -OCH3 is 1. The van der Waals surface area contributed by atoms with Crippen LogP contribution >= 0.6 is 23.2 Å². The molecule has 0 aliphatic carbocycles. The Morgan fingerprint density at radius 3 is 2.48 bits per heavy atom. The lowest BCUT2D eigenvalue weighted by molar-refractivity contribution is 0.0728. The van der Waals surface area contributed by atoms with E-state index in [-0.39, 0.29) is 16.3 Å². The van der Waals surface area contributed by atoms with Crippen molar-refractivity contribution in [1.29, 1.82) is 0 Å². The Kier molecular flexibility index (Phi) is 8.29. The second-order valence-electron chi connectivity index (χ2n) is 6.55. The number of benzene rings is 3. The number of hydrogen-bond acceptors (Lipinski definition) is 6. The molecule has 3 rings (SSSR count). The SMILES string of the molecule is CCOc1cc(/C=N\NC(=O)c2ccccc2OC)ccc1OC(=O)c1ccc(Cl)cc1Cl. The number of esters is 1. The molecule has 3 aromatic carbocycles. The molecule has 33 heavy (non-hydrogen) atoms. The Morgan fingerprint density at radius 1 is 0.970 bits per heavy atom. The van der Waals surface area contributed by atoms with E-state index in [2.05, 4.69) is 10.5 Å². The first-order valence-corrected chi connectivity index (χ1v) is 10.6. The quantitative estimate of drug-likeness (QED) is 0.200. The predicted octanol–water partition coefficient (Wildman–Crippen LogP) is 5.38. The highest BCUT2D eigenvalue weighted by Gasteiger charge is 2.16. The summed E-state index contributed by atoms with van der Waals surface area (Å²) in [6.45, 7) is 2.15. The van der Waals surface area contributed by atoms with Crippen LogP contribution in [0.25, 0.3) is 0 Å². The standard InChI is InChI=1S/C24H20Cl2N2O5/c1-3-32-22-12-15(14-27-28-23(29)18-6-4-5-7-20(18)31-2)8-11-21(22)33-24(30)17-10-9-16(25)13-19(17)26/h4-14H,3H2,1-2H3,(H,28,29)/b27-14-. The van der Waals surface area contributed by atoms with Crippen LogP contribution in [0.4, 0.5) is 0 Å². The number of ether oxygens (including phenoxy) is 3. The highest BCUT2D eigenvalue weighted by Crippen LogP contribution is 2.30. The van der Waals surface area contributed by atoms with Crippen molar-refractivity contribution in [2.45, 2.75) is 6.92 Å². The number of carbonyl (C=O) groups excluding carboxylic acids is 2. The first-order valence-electron chi connectivity index (χ1n) is 9.83. The second-order valence-corrected chi connectivity index (χ2v) is 7.40. The minimum absolute atomic E-state index is 0.174. The minimum Gasteiger partial charge on any atom is -0.496 e. The van der Waals surface area contributed by atoms with Gasteiger partial charge in [0.1, 0.15) is 5.75 Å². The number of carbonyl (C=O) groups is 2. The molecule has 0 heterocycles. The Morgan fingerprint density at radius 2 is 1.76 bits per heavy atom. The number of nitrogens with one attached hydrogen (secondary N) is 1. The van der Waals surface area contributed by atoms with Gasteiger partial charge in [0.25, 0.3) is 5.91 Å². The van der Waals surface area contributed by atoms with Crippen molar-refractivity contribution in [3.63, 3.8) is 0 Å². The van der Waals surface area contributed by atoms with E-state index < -0.39 is 11.9 Å². The van der Waals surface area contributed by atoms with Gasteiger partial charge in [0.15, 0.2) is 11.5 Å². The molecule has 0 aliphatic heterocycles. The summed E-state index contributed by atoms with van der Waals surface area (Å²) in [5.41, 5.74) is 3.60. The van der Waals surface area contributed by atoms with Gasteiger partial charge < -0.3 is 14.2 Å². The van der Waals surface area contributed by atoms with Gasteiger partial charge in [-0.2, -0.15) is 5.10 Å². The molecule has 0 aliphatic rings. The summed E-state index contributed by atoms with van der Waals surface area (Å²) in [5, 5.41) is 4.57. The van der Waals surface area contributed by atoms with E-state index in [9.17, 15) is 9.59 Å². The summed E-state index contributed by atoms with van der Waals surface area (Å²) in [6, 6.07) is 16.2. The van der Waals surface area contributed by atoms with Gasteiger partial charge in [-0.25, -0.2) is 10.2 Å². The van der Waals surface area contributed by atoms with Gasteiger partial charge in [-0.1, -0.05) is 35.3 Å². The molecule has 1 amide bonds. The predicted molar refractivity (Wildman–Crippen MR) is 127 cm³/mol. The van der Waals surface area contributed by atoms with Gasteiger partial charge in [-0.3, -0.25) is 4.79 Å². The molecule has 0 aromatic heterocycles. The summed E-state index contributed by atoms with van der Waals surface area (Å²) in [7, 11) is 1.49. The van der Waals surface area contributed by atoms with Crippen LogP contribution < -0.4 is 19.6 Å². The van der Waals surface area contributed by atoms with Crippen LogP contribution in [-0.4, -0.2) is 31.8 Å². The Bertz CT molecular complexity index is 1200. The number of hydrazone groups is 1. The fourth-order valence-corrected chi connectivity index (χ4v) is 3.31. The summed E-state index contributed by atoms with van der Waals surface area (Å²) in [6.07, 6.45) is 1.44. The largest absolute Gasteiger partial charge is 0.496 e. The number of para-hydroxylation sites is 1. The maximum atomic E-state index is 12.5. The maximum absolute atomic E-state index is 12.5. The highest BCUT2D eigenvalue weighted by molar-refractivity contribution is 6.36. The van der Waals surface area contributed by atoms with Crippen LogP contribution in [0.3, 0.4) is 0 Å². The molecule has 0 unspecified atom stereocenters. The molecule has 0 saturated carbocycles. The van der Waals surface area contributed by atoms with Crippen LogP contribution in [0.15, 0.2) is 65.8 Å². The summed E-state index contributed by atoms with van der Waals surface area (Å²) < 4.78 is 16.2. The third-order valence-corrected chi connectivity index (χ3v) is 4.90. The van der Waals surface area contributed by atoms with E-state index in [1.165, 1.54) is 25.5 Å². The zero-order chi connectivity index (χ0) is 23.8. The van der Waals surface area contributed by atoms with Gasteiger partial charge in [0.05, 0.1) is 36.1 Å². The number of hydrogen-bond donors (Lipinski definition) is 1. The zero-order valence-electron chi connectivity index (χ0n) is 17.8. The Balaban J connectivity index is 1.74. The first kappa shape index (κ1) is 24.1.